The predicted molar refractivity (Wildman–Crippen MR) is 279 cm³/mol. The van der Waals surface area contributed by atoms with Crippen LogP contribution in [0.4, 0.5) is 0 Å². The average molecular weight is 901 g/mol. The van der Waals surface area contributed by atoms with Crippen LogP contribution in [0.3, 0.4) is 0 Å². The van der Waals surface area contributed by atoms with E-state index in [1.165, 1.54) is 51.4 Å². The molecule has 65 heavy (non-hydrogen) atoms. The van der Waals surface area contributed by atoms with E-state index < -0.39 is 6.10 Å². The van der Waals surface area contributed by atoms with E-state index in [0.717, 1.165) is 135 Å². The molecular formula is C59H96O6. The van der Waals surface area contributed by atoms with Crippen molar-refractivity contribution in [2.45, 2.75) is 232 Å². The van der Waals surface area contributed by atoms with E-state index in [4.69, 9.17) is 14.2 Å². The van der Waals surface area contributed by atoms with Gasteiger partial charge in [-0.3, -0.25) is 14.4 Å². The van der Waals surface area contributed by atoms with Gasteiger partial charge in [-0.2, -0.15) is 0 Å². The molecule has 0 radical (unpaired) electrons. The molecule has 0 aliphatic heterocycles. The van der Waals surface area contributed by atoms with Crippen molar-refractivity contribution in [3.05, 3.63) is 109 Å². The molecule has 0 saturated heterocycles. The van der Waals surface area contributed by atoms with Crippen LogP contribution in [-0.2, 0) is 28.6 Å². The van der Waals surface area contributed by atoms with Crippen molar-refractivity contribution < 1.29 is 28.6 Å². The third-order valence-electron chi connectivity index (χ3n) is 10.8. The first kappa shape index (κ1) is 61.1. The zero-order valence-corrected chi connectivity index (χ0v) is 42.0. The van der Waals surface area contributed by atoms with Gasteiger partial charge in [-0.1, -0.05) is 214 Å². The van der Waals surface area contributed by atoms with Gasteiger partial charge in [-0.25, -0.2) is 0 Å². The molecule has 0 aliphatic rings. The molecule has 1 atom stereocenters. The van der Waals surface area contributed by atoms with Crippen molar-refractivity contribution in [1.29, 1.82) is 0 Å². The molecule has 0 unspecified atom stereocenters. The third kappa shape index (κ3) is 50.9. The number of carbonyl (C=O) groups is 3. The van der Waals surface area contributed by atoms with Crippen LogP contribution in [-0.4, -0.2) is 37.2 Å². The number of allylic oxidation sites excluding steroid dienone is 18. The van der Waals surface area contributed by atoms with Crippen LogP contribution >= 0.6 is 0 Å². The Labute approximate surface area is 400 Å². The molecule has 0 fully saturated rings. The largest absolute Gasteiger partial charge is 0.462 e. The second-order valence-electron chi connectivity index (χ2n) is 17.0. The standard InChI is InChI=1S/C59H96O6/c1-4-7-10-13-16-19-22-24-26-28-29-31-32-34-37-40-43-46-49-52-58(61)64-55-56(54-63-57(60)51-48-45-42-39-36-21-18-15-12-9-6-3)65-59(62)53-50-47-44-41-38-35-33-30-27-25-23-20-17-14-11-8-5-2/h7-8,10-11,16-17,19-20,24-27,29,31,33-35,37,56H,4-6,9,12-15,18,21-23,28,30,32,36,38-55H2,1-3H3/b10-7-,11-8-,19-16-,20-17-,26-24-,27-25-,31-29-,35-33-,37-34-/t56-/m0/s1. The number of esters is 3. The molecule has 368 valence electrons. The minimum Gasteiger partial charge on any atom is -0.462 e. The van der Waals surface area contributed by atoms with Gasteiger partial charge in [0, 0.05) is 19.3 Å². The van der Waals surface area contributed by atoms with Gasteiger partial charge >= 0.3 is 17.9 Å². The molecule has 0 aromatic rings. The maximum atomic E-state index is 12.8. The van der Waals surface area contributed by atoms with Gasteiger partial charge in [0.2, 0.25) is 0 Å². The average Bonchev–Trinajstić information content (AvgIpc) is 3.30. The molecule has 0 spiro atoms. The Morgan fingerprint density at radius 1 is 0.323 bits per heavy atom. The zero-order chi connectivity index (χ0) is 47.2. The molecule has 0 rings (SSSR count). The fourth-order valence-electron chi connectivity index (χ4n) is 6.87. The van der Waals surface area contributed by atoms with Crippen molar-refractivity contribution in [2.75, 3.05) is 13.2 Å². The molecule has 0 heterocycles. The fourth-order valence-corrected chi connectivity index (χ4v) is 6.87. The van der Waals surface area contributed by atoms with E-state index in [2.05, 4.69) is 130 Å². The number of unbranched alkanes of at least 4 members (excludes halogenated alkanes) is 17. The Morgan fingerprint density at radius 2 is 0.600 bits per heavy atom. The highest BCUT2D eigenvalue weighted by atomic mass is 16.6. The van der Waals surface area contributed by atoms with Crippen LogP contribution in [0.5, 0.6) is 0 Å². The maximum absolute atomic E-state index is 12.8. The summed E-state index contributed by atoms with van der Waals surface area (Å²) in [6.07, 6.45) is 70.7. The molecule has 6 heteroatoms. The molecule has 0 aliphatic carbocycles. The fraction of sp³-hybridized carbons (Fsp3) is 0.644. The first-order valence-electron chi connectivity index (χ1n) is 26.4. The van der Waals surface area contributed by atoms with Gasteiger partial charge in [0.25, 0.3) is 0 Å². The Balaban J connectivity index is 4.48. The number of hydrogen-bond acceptors (Lipinski definition) is 6. The number of hydrogen-bond donors (Lipinski definition) is 0. The first-order valence-corrected chi connectivity index (χ1v) is 26.4. The van der Waals surface area contributed by atoms with E-state index in [1.807, 2.05) is 0 Å². The summed E-state index contributed by atoms with van der Waals surface area (Å²) in [5.41, 5.74) is 0. The van der Waals surface area contributed by atoms with Crippen LogP contribution in [0.1, 0.15) is 226 Å². The summed E-state index contributed by atoms with van der Waals surface area (Å²) in [5, 5.41) is 0. The second kappa shape index (κ2) is 52.7. The van der Waals surface area contributed by atoms with Crippen LogP contribution in [0.15, 0.2) is 109 Å². The highest BCUT2D eigenvalue weighted by molar-refractivity contribution is 5.71. The SMILES string of the molecule is CC/C=C\C/C=C\C/C=C\C/C=C\C/C=C\CCCCCC(=O)OC[C@H](COC(=O)CCCCCCCCCCCCC)OC(=O)CCCCCC/C=C\C/C=C\C/C=C\C/C=C\CC. The van der Waals surface area contributed by atoms with E-state index in [-0.39, 0.29) is 31.1 Å². The van der Waals surface area contributed by atoms with Crippen molar-refractivity contribution in [3.63, 3.8) is 0 Å². The van der Waals surface area contributed by atoms with Crippen LogP contribution in [0.2, 0.25) is 0 Å². The molecule has 0 saturated carbocycles. The number of rotatable bonds is 46. The minimum atomic E-state index is -0.804. The molecule has 0 aromatic carbocycles. The maximum Gasteiger partial charge on any atom is 0.306 e. The van der Waals surface area contributed by atoms with Crippen molar-refractivity contribution in [1.82, 2.24) is 0 Å². The Kier molecular flexibility index (Phi) is 49.5. The molecular weight excluding hydrogens is 805 g/mol. The summed E-state index contributed by atoms with van der Waals surface area (Å²) in [6, 6.07) is 0. The minimum absolute atomic E-state index is 0.0992. The summed E-state index contributed by atoms with van der Waals surface area (Å²) in [4.78, 5) is 38.0. The predicted octanol–water partition coefficient (Wildman–Crippen LogP) is 17.5. The summed E-state index contributed by atoms with van der Waals surface area (Å²) < 4.78 is 16.8. The number of ether oxygens (including phenoxy) is 3. The monoisotopic (exact) mass is 901 g/mol. The zero-order valence-electron chi connectivity index (χ0n) is 42.0. The van der Waals surface area contributed by atoms with E-state index in [0.29, 0.717) is 19.3 Å². The van der Waals surface area contributed by atoms with Gasteiger partial charge in [-0.15, -0.1) is 0 Å². The highest BCUT2D eigenvalue weighted by Gasteiger charge is 2.19. The van der Waals surface area contributed by atoms with Crippen LogP contribution < -0.4 is 0 Å². The van der Waals surface area contributed by atoms with Gasteiger partial charge in [0.1, 0.15) is 13.2 Å². The molecule has 0 aromatic heterocycles. The Morgan fingerprint density at radius 3 is 0.954 bits per heavy atom. The lowest BCUT2D eigenvalue weighted by atomic mass is 10.1. The van der Waals surface area contributed by atoms with E-state index in [1.54, 1.807) is 0 Å². The van der Waals surface area contributed by atoms with E-state index >= 15 is 0 Å². The van der Waals surface area contributed by atoms with Crippen LogP contribution in [0.25, 0.3) is 0 Å². The summed E-state index contributed by atoms with van der Waals surface area (Å²) in [7, 11) is 0. The van der Waals surface area contributed by atoms with Crippen molar-refractivity contribution in [3.8, 4) is 0 Å². The van der Waals surface area contributed by atoms with Gasteiger partial charge in [-0.05, 0) is 103 Å². The van der Waals surface area contributed by atoms with Gasteiger partial charge in [0.15, 0.2) is 6.10 Å². The molecule has 6 nitrogen and oxygen atoms in total. The lowest BCUT2D eigenvalue weighted by Gasteiger charge is -2.18. The van der Waals surface area contributed by atoms with Crippen LogP contribution in [0, 0.1) is 0 Å². The summed E-state index contributed by atoms with van der Waals surface area (Å²) in [5.74, 6) is -0.961. The molecule has 0 bridgehead atoms. The Bertz CT molecular complexity index is 1360. The topological polar surface area (TPSA) is 78.9 Å². The lowest BCUT2D eigenvalue weighted by molar-refractivity contribution is -0.167. The van der Waals surface area contributed by atoms with E-state index in [9.17, 15) is 14.4 Å². The Hall–Kier alpha value is -3.93. The lowest BCUT2D eigenvalue weighted by Crippen LogP contribution is -2.30. The van der Waals surface area contributed by atoms with Gasteiger partial charge in [0.05, 0.1) is 0 Å². The smallest absolute Gasteiger partial charge is 0.306 e. The molecule has 0 N–H and O–H groups in total. The van der Waals surface area contributed by atoms with Crippen molar-refractivity contribution >= 4 is 17.9 Å². The molecule has 0 amide bonds. The third-order valence-corrected chi connectivity index (χ3v) is 10.8. The number of carbonyl (C=O) groups excluding carboxylic acids is 3. The van der Waals surface area contributed by atoms with Crippen molar-refractivity contribution in [2.24, 2.45) is 0 Å². The van der Waals surface area contributed by atoms with Gasteiger partial charge < -0.3 is 14.2 Å². The normalized spacial score (nSPS) is 13.0. The quantitative estimate of drug-likeness (QED) is 0.0262. The summed E-state index contributed by atoms with van der Waals surface area (Å²) >= 11 is 0. The first-order chi connectivity index (χ1) is 32.0. The highest BCUT2D eigenvalue weighted by Crippen LogP contribution is 2.14. The second-order valence-corrected chi connectivity index (χ2v) is 17.0. The summed E-state index contributed by atoms with van der Waals surface area (Å²) in [6.45, 7) is 6.34.